The van der Waals surface area contributed by atoms with Gasteiger partial charge in [0.15, 0.2) is 0 Å². The lowest BCUT2D eigenvalue weighted by molar-refractivity contribution is -0.118. The number of carbonyl (C=O) groups is 2. The molecule has 35 heavy (non-hydrogen) atoms. The summed E-state index contributed by atoms with van der Waals surface area (Å²) in [6.07, 6.45) is 6.64. The van der Waals surface area contributed by atoms with Crippen molar-refractivity contribution in [2.75, 3.05) is 39.3 Å². The number of carbonyl (C=O) groups excluding carboxylic acids is 2. The van der Waals surface area contributed by atoms with E-state index in [1.807, 2.05) is 36.1 Å². The third kappa shape index (κ3) is 5.06. The maximum absolute atomic E-state index is 13.8. The largest absolute Gasteiger partial charge is 0.346 e. The molecule has 2 saturated heterocycles. The number of rotatable bonds is 7. The third-order valence-electron chi connectivity index (χ3n) is 8.18. The fourth-order valence-electron chi connectivity index (χ4n) is 6.13. The highest BCUT2D eigenvalue weighted by molar-refractivity contribution is 6.18. The number of piperidine rings is 2. The fraction of sp³-hybridized carbons (Fsp3) is 0.467. The van der Waals surface area contributed by atoms with E-state index < -0.39 is 0 Å². The highest BCUT2D eigenvalue weighted by Crippen LogP contribution is 2.31. The predicted molar refractivity (Wildman–Crippen MR) is 143 cm³/mol. The molecule has 184 valence electrons. The molecule has 3 aromatic rings. The van der Waals surface area contributed by atoms with E-state index >= 15 is 0 Å². The summed E-state index contributed by atoms with van der Waals surface area (Å²) in [4.78, 5) is 31.6. The number of hydrogen-bond donors (Lipinski definition) is 0. The minimum atomic E-state index is 0.168. The quantitative estimate of drug-likeness (QED) is 0.352. The van der Waals surface area contributed by atoms with E-state index in [-0.39, 0.29) is 5.91 Å². The molecule has 5 rings (SSSR count). The molecule has 0 spiro atoms. The molecule has 2 heterocycles. The van der Waals surface area contributed by atoms with Gasteiger partial charge in [-0.05, 0) is 79.1 Å². The molecule has 0 N–H and O–H groups in total. The van der Waals surface area contributed by atoms with Gasteiger partial charge in [0, 0.05) is 38.8 Å². The second-order valence-electron chi connectivity index (χ2n) is 10.2. The fourth-order valence-corrected chi connectivity index (χ4v) is 6.13. The van der Waals surface area contributed by atoms with Crippen molar-refractivity contribution in [3.63, 3.8) is 0 Å². The number of likely N-dealkylation sites (tertiary alicyclic amines) is 2. The van der Waals surface area contributed by atoms with Gasteiger partial charge in [0.1, 0.15) is 0 Å². The van der Waals surface area contributed by atoms with Crippen molar-refractivity contribution in [3.8, 4) is 0 Å². The molecule has 0 aromatic heterocycles. The van der Waals surface area contributed by atoms with Crippen molar-refractivity contribution in [2.24, 2.45) is 5.92 Å². The minimum Gasteiger partial charge on any atom is -0.346 e. The predicted octanol–water partition coefficient (Wildman–Crippen LogP) is 5.18. The number of nitrogens with zero attached hydrogens (tertiary/aromatic N) is 3. The van der Waals surface area contributed by atoms with Gasteiger partial charge in [0.2, 0.25) is 6.41 Å². The van der Waals surface area contributed by atoms with E-state index in [9.17, 15) is 9.59 Å². The molecule has 5 nitrogen and oxygen atoms in total. The molecule has 1 unspecified atom stereocenters. The summed E-state index contributed by atoms with van der Waals surface area (Å²) in [6.45, 7) is 7.62. The van der Waals surface area contributed by atoms with Crippen LogP contribution in [0.4, 0.5) is 0 Å². The zero-order valence-electron chi connectivity index (χ0n) is 20.9. The molecular formula is C30H37N3O2. The highest BCUT2D eigenvalue weighted by atomic mass is 16.2. The van der Waals surface area contributed by atoms with E-state index in [1.165, 1.54) is 12.8 Å². The zero-order chi connectivity index (χ0) is 24.2. The van der Waals surface area contributed by atoms with E-state index in [1.54, 1.807) is 0 Å². The van der Waals surface area contributed by atoms with Gasteiger partial charge >= 0.3 is 0 Å². The first-order chi connectivity index (χ1) is 17.2. The Kier molecular flexibility index (Phi) is 7.33. The Hall–Kier alpha value is -2.92. The molecule has 2 aliphatic heterocycles. The second-order valence-corrected chi connectivity index (χ2v) is 10.2. The van der Waals surface area contributed by atoms with Gasteiger partial charge in [-0.3, -0.25) is 14.5 Å². The van der Waals surface area contributed by atoms with Crippen molar-refractivity contribution in [3.05, 3.63) is 60.2 Å². The van der Waals surface area contributed by atoms with Crippen molar-refractivity contribution >= 4 is 33.9 Å². The summed E-state index contributed by atoms with van der Waals surface area (Å²) in [5, 5.41) is 4.35. The Labute approximate surface area is 208 Å². The normalized spacial score (nSPS) is 19.8. The van der Waals surface area contributed by atoms with Crippen LogP contribution in [0.1, 0.15) is 49.4 Å². The zero-order valence-corrected chi connectivity index (χ0v) is 20.9. The van der Waals surface area contributed by atoms with Crippen molar-refractivity contribution in [2.45, 2.75) is 45.1 Å². The van der Waals surface area contributed by atoms with Crippen LogP contribution in [-0.2, 0) is 4.79 Å². The summed E-state index contributed by atoms with van der Waals surface area (Å²) in [5.41, 5.74) is 0.853. The SMILES string of the molecule is CCN(C=O)CCC1CCCN(C2CCN(C(=O)c3c4ccccc4cc4ccccc34)CC2)C1. The van der Waals surface area contributed by atoms with E-state index in [0.29, 0.717) is 12.0 Å². The van der Waals surface area contributed by atoms with Crippen molar-refractivity contribution in [1.82, 2.24) is 14.7 Å². The molecule has 0 saturated carbocycles. The van der Waals surface area contributed by atoms with Crippen molar-refractivity contribution < 1.29 is 9.59 Å². The number of fused-ring (bicyclic) bond motifs is 2. The van der Waals surface area contributed by atoms with Crippen LogP contribution in [0.2, 0.25) is 0 Å². The van der Waals surface area contributed by atoms with Crippen molar-refractivity contribution in [1.29, 1.82) is 0 Å². The summed E-state index contributed by atoms with van der Waals surface area (Å²) < 4.78 is 0. The monoisotopic (exact) mass is 471 g/mol. The van der Waals surface area contributed by atoms with Gasteiger partial charge in [-0.2, -0.15) is 0 Å². The van der Waals surface area contributed by atoms with Gasteiger partial charge < -0.3 is 9.80 Å². The molecule has 0 radical (unpaired) electrons. The van der Waals surface area contributed by atoms with Gasteiger partial charge in [-0.25, -0.2) is 0 Å². The maximum Gasteiger partial charge on any atom is 0.255 e. The third-order valence-corrected chi connectivity index (χ3v) is 8.18. The summed E-state index contributed by atoms with van der Waals surface area (Å²) in [5.74, 6) is 0.834. The van der Waals surface area contributed by atoms with Crippen LogP contribution in [-0.4, -0.2) is 72.3 Å². The number of benzene rings is 3. The first-order valence-electron chi connectivity index (χ1n) is 13.3. The number of hydrogen-bond acceptors (Lipinski definition) is 3. The number of amides is 2. The van der Waals surface area contributed by atoms with Gasteiger partial charge in [0.05, 0.1) is 5.56 Å². The smallest absolute Gasteiger partial charge is 0.255 e. The summed E-state index contributed by atoms with van der Waals surface area (Å²) >= 11 is 0. The maximum atomic E-state index is 13.8. The summed E-state index contributed by atoms with van der Waals surface area (Å²) in [7, 11) is 0. The molecule has 2 amide bonds. The van der Waals surface area contributed by atoms with Crippen LogP contribution in [0.25, 0.3) is 21.5 Å². The van der Waals surface area contributed by atoms with Crippen LogP contribution in [0.3, 0.4) is 0 Å². The van der Waals surface area contributed by atoms with Gasteiger partial charge in [0.25, 0.3) is 5.91 Å². The standard InChI is InChI=1S/C30H37N3O2/c1-2-31(22-34)17-13-23-8-7-16-33(21-23)26-14-18-32(19-15-26)30(35)29-27-11-5-3-9-24(27)20-25-10-4-6-12-28(25)29/h3-6,9-12,20,22-23,26H,2,7-8,13-19,21H2,1H3. The van der Waals surface area contributed by atoms with Gasteiger partial charge in [-0.15, -0.1) is 0 Å². The second kappa shape index (κ2) is 10.8. The Morgan fingerprint density at radius 3 is 2.26 bits per heavy atom. The highest BCUT2D eigenvalue weighted by Gasteiger charge is 2.31. The molecule has 2 fully saturated rings. The Morgan fingerprint density at radius 1 is 0.971 bits per heavy atom. The topological polar surface area (TPSA) is 43.9 Å². The molecule has 0 bridgehead atoms. The average Bonchev–Trinajstić information content (AvgIpc) is 2.92. The Morgan fingerprint density at radius 2 is 1.63 bits per heavy atom. The molecule has 3 aromatic carbocycles. The first-order valence-corrected chi connectivity index (χ1v) is 13.3. The molecule has 2 aliphatic rings. The lowest BCUT2D eigenvalue weighted by Crippen LogP contribution is -2.49. The van der Waals surface area contributed by atoms with E-state index in [0.717, 1.165) is 92.0 Å². The van der Waals surface area contributed by atoms with Gasteiger partial charge in [-0.1, -0.05) is 48.5 Å². The minimum absolute atomic E-state index is 0.168. The lowest BCUT2D eigenvalue weighted by Gasteiger charge is -2.42. The Balaban J connectivity index is 1.26. The van der Waals surface area contributed by atoms with Crippen LogP contribution >= 0.6 is 0 Å². The molecule has 1 atom stereocenters. The van der Waals surface area contributed by atoms with Crippen LogP contribution in [0.15, 0.2) is 54.6 Å². The first kappa shape index (κ1) is 23.8. The molecule has 0 aliphatic carbocycles. The van der Waals surface area contributed by atoms with E-state index in [4.69, 9.17) is 0 Å². The van der Waals surface area contributed by atoms with E-state index in [2.05, 4.69) is 40.1 Å². The summed E-state index contributed by atoms with van der Waals surface area (Å²) in [6, 6.07) is 19.3. The molecular weight excluding hydrogens is 434 g/mol. The average molecular weight is 472 g/mol. The van der Waals surface area contributed by atoms with Crippen LogP contribution in [0, 0.1) is 5.92 Å². The van der Waals surface area contributed by atoms with Crippen LogP contribution < -0.4 is 0 Å². The van der Waals surface area contributed by atoms with Crippen LogP contribution in [0.5, 0.6) is 0 Å². The lowest BCUT2D eigenvalue weighted by atomic mass is 9.91. The molecule has 5 heteroatoms. The Bertz CT molecular complexity index is 1130.